The first-order chi connectivity index (χ1) is 10.8. The van der Waals surface area contributed by atoms with Gasteiger partial charge in [0.15, 0.2) is 0 Å². The maximum Gasteiger partial charge on any atom is 0.416 e. The van der Waals surface area contributed by atoms with Crippen molar-refractivity contribution in [1.29, 1.82) is 0 Å². The Labute approximate surface area is 130 Å². The summed E-state index contributed by atoms with van der Waals surface area (Å²) in [5.41, 5.74) is -0.238. The third kappa shape index (κ3) is 3.03. The number of hydrogen-bond donors (Lipinski definition) is 2. The van der Waals surface area contributed by atoms with Gasteiger partial charge in [-0.2, -0.15) is 13.2 Å². The van der Waals surface area contributed by atoms with E-state index in [-0.39, 0.29) is 31.2 Å². The van der Waals surface area contributed by atoms with E-state index in [1.54, 1.807) is 0 Å². The molecule has 0 aromatic heterocycles. The molecule has 0 radical (unpaired) electrons. The van der Waals surface area contributed by atoms with Crippen molar-refractivity contribution < 1.29 is 27.9 Å². The molecule has 2 amide bonds. The molecule has 0 aliphatic carbocycles. The molecule has 2 saturated heterocycles. The standard InChI is InChI=1S/C15H15F3N2O3/c16-15(17,18)9-3-1-8(2-4-9)5-11-14(23)20-7-10(21)6-12(20)13(22)19-11/h1-4,10-12,21H,5-7H2,(H,19,22). The Bertz CT molecular complexity index is 630. The van der Waals surface area contributed by atoms with E-state index in [2.05, 4.69) is 5.32 Å². The van der Waals surface area contributed by atoms with Crippen LogP contribution in [0.2, 0.25) is 0 Å². The van der Waals surface area contributed by atoms with Gasteiger partial charge < -0.3 is 15.3 Å². The van der Waals surface area contributed by atoms with Crippen LogP contribution in [0.1, 0.15) is 17.5 Å². The summed E-state index contributed by atoms with van der Waals surface area (Å²) in [4.78, 5) is 25.7. The first kappa shape index (κ1) is 15.8. The number of benzene rings is 1. The number of aliphatic hydroxyl groups is 1. The second kappa shape index (κ2) is 5.52. The average molecular weight is 328 g/mol. The molecule has 1 aromatic carbocycles. The summed E-state index contributed by atoms with van der Waals surface area (Å²) in [5, 5.41) is 12.2. The number of piperazine rings is 1. The summed E-state index contributed by atoms with van der Waals surface area (Å²) in [5.74, 6) is -0.649. The van der Waals surface area contributed by atoms with Gasteiger partial charge in [-0.15, -0.1) is 0 Å². The van der Waals surface area contributed by atoms with Crippen LogP contribution in [0.15, 0.2) is 24.3 Å². The molecule has 3 atom stereocenters. The minimum Gasteiger partial charge on any atom is -0.391 e. The highest BCUT2D eigenvalue weighted by atomic mass is 19.4. The quantitative estimate of drug-likeness (QED) is 0.840. The topological polar surface area (TPSA) is 69.6 Å². The Balaban J connectivity index is 1.73. The van der Waals surface area contributed by atoms with E-state index in [1.165, 1.54) is 17.0 Å². The summed E-state index contributed by atoms with van der Waals surface area (Å²) in [6.45, 7) is 0.112. The van der Waals surface area contributed by atoms with E-state index in [1.807, 2.05) is 0 Å². The van der Waals surface area contributed by atoms with Gasteiger partial charge in [-0.3, -0.25) is 9.59 Å². The number of halogens is 3. The molecule has 2 fully saturated rings. The minimum absolute atomic E-state index is 0.112. The molecule has 2 N–H and O–H groups in total. The molecule has 0 spiro atoms. The highest BCUT2D eigenvalue weighted by Crippen LogP contribution is 2.29. The number of amides is 2. The SMILES string of the molecule is O=C1NC(Cc2ccc(C(F)(F)F)cc2)C(=O)N2CC(O)CC12. The fraction of sp³-hybridized carbons (Fsp3) is 0.467. The number of fused-ring (bicyclic) bond motifs is 1. The predicted octanol–water partition coefficient (Wildman–Crippen LogP) is 0.708. The first-order valence-electron chi connectivity index (χ1n) is 7.21. The van der Waals surface area contributed by atoms with Gasteiger partial charge in [0.05, 0.1) is 11.7 Å². The molecule has 2 heterocycles. The lowest BCUT2D eigenvalue weighted by Gasteiger charge is -2.34. The molecule has 0 bridgehead atoms. The summed E-state index contributed by atoms with van der Waals surface area (Å²) < 4.78 is 37.6. The molecule has 3 unspecified atom stereocenters. The van der Waals surface area contributed by atoms with E-state index in [9.17, 15) is 27.9 Å². The summed E-state index contributed by atoms with van der Waals surface area (Å²) >= 11 is 0. The van der Waals surface area contributed by atoms with Crippen LogP contribution in [0, 0.1) is 0 Å². The minimum atomic E-state index is -4.41. The second-order valence-corrected chi connectivity index (χ2v) is 5.86. The van der Waals surface area contributed by atoms with Gasteiger partial charge in [0.25, 0.3) is 0 Å². The third-order valence-electron chi connectivity index (χ3n) is 4.20. The van der Waals surface area contributed by atoms with E-state index >= 15 is 0 Å². The Hall–Kier alpha value is -2.09. The summed E-state index contributed by atoms with van der Waals surface area (Å²) in [6.07, 6.45) is -4.81. The van der Waals surface area contributed by atoms with Crippen LogP contribution in [-0.2, 0) is 22.2 Å². The lowest BCUT2D eigenvalue weighted by atomic mass is 10.00. The molecular formula is C15H15F3N2O3. The number of carbonyl (C=O) groups excluding carboxylic acids is 2. The van der Waals surface area contributed by atoms with Crippen molar-refractivity contribution in [2.75, 3.05) is 6.54 Å². The number of rotatable bonds is 2. The highest BCUT2D eigenvalue weighted by molar-refractivity contribution is 5.97. The molecule has 0 saturated carbocycles. The normalized spacial score (nSPS) is 27.8. The molecule has 1 aromatic rings. The second-order valence-electron chi connectivity index (χ2n) is 5.86. The molecule has 2 aliphatic heterocycles. The van der Waals surface area contributed by atoms with Gasteiger partial charge in [-0.25, -0.2) is 0 Å². The van der Waals surface area contributed by atoms with Gasteiger partial charge in [0, 0.05) is 19.4 Å². The zero-order valence-corrected chi connectivity index (χ0v) is 12.0. The Morgan fingerprint density at radius 2 is 1.87 bits per heavy atom. The Morgan fingerprint density at radius 3 is 2.48 bits per heavy atom. The lowest BCUT2D eigenvalue weighted by Crippen LogP contribution is -2.61. The van der Waals surface area contributed by atoms with Crippen molar-refractivity contribution >= 4 is 11.8 Å². The Morgan fingerprint density at radius 1 is 1.22 bits per heavy atom. The lowest BCUT2D eigenvalue weighted by molar-refractivity contribution is -0.147. The number of nitrogens with zero attached hydrogens (tertiary/aromatic N) is 1. The van der Waals surface area contributed by atoms with Crippen LogP contribution in [0.5, 0.6) is 0 Å². The third-order valence-corrected chi connectivity index (χ3v) is 4.20. The maximum absolute atomic E-state index is 12.5. The van der Waals surface area contributed by atoms with Crippen LogP contribution >= 0.6 is 0 Å². The van der Waals surface area contributed by atoms with Gasteiger partial charge in [-0.05, 0) is 17.7 Å². The zero-order chi connectivity index (χ0) is 16.8. The van der Waals surface area contributed by atoms with Gasteiger partial charge in [0.1, 0.15) is 12.1 Å². The first-order valence-corrected chi connectivity index (χ1v) is 7.21. The highest BCUT2D eigenvalue weighted by Gasteiger charge is 2.45. The monoisotopic (exact) mass is 328 g/mol. The molecule has 3 rings (SSSR count). The van der Waals surface area contributed by atoms with E-state index in [0.29, 0.717) is 5.56 Å². The fourth-order valence-electron chi connectivity index (χ4n) is 3.04. The van der Waals surface area contributed by atoms with Crippen molar-refractivity contribution in [1.82, 2.24) is 10.2 Å². The van der Waals surface area contributed by atoms with Crippen molar-refractivity contribution in [2.24, 2.45) is 0 Å². The fourth-order valence-corrected chi connectivity index (χ4v) is 3.04. The van der Waals surface area contributed by atoms with E-state index < -0.39 is 29.9 Å². The van der Waals surface area contributed by atoms with E-state index in [4.69, 9.17) is 0 Å². The number of nitrogens with one attached hydrogen (secondary N) is 1. The predicted molar refractivity (Wildman–Crippen MR) is 73.2 cm³/mol. The van der Waals surface area contributed by atoms with Crippen LogP contribution in [0.25, 0.3) is 0 Å². The molecular weight excluding hydrogens is 313 g/mol. The van der Waals surface area contributed by atoms with Gasteiger partial charge >= 0.3 is 6.18 Å². The van der Waals surface area contributed by atoms with Gasteiger partial charge in [0.2, 0.25) is 11.8 Å². The smallest absolute Gasteiger partial charge is 0.391 e. The van der Waals surface area contributed by atoms with Crippen molar-refractivity contribution in [3.8, 4) is 0 Å². The molecule has 8 heteroatoms. The van der Waals surface area contributed by atoms with Crippen molar-refractivity contribution in [2.45, 2.75) is 37.2 Å². The Kier molecular flexibility index (Phi) is 3.79. The molecule has 124 valence electrons. The number of carbonyl (C=O) groups is 2. The average Bonchev–Trinajstić information content (AvgIpc) is 2.87. The number of aliphatic hydroxyl groups excluding tert-OH is 1. The van der Waals surface area contributed by atoms with Gasteiger partial charge in [-0.1, -0.05) is 12.1 Å². The van der Waals surface area contributed by atoms with E-state index in [0.717, 1.165) is 12.1 Å². The molecule has 2 aliphatic rings. The van der Waals surface area contributed by atoms with Crippen molar-refractivity contribution in [3.05, 3.63) is 35.4 Å². The summed E-state index contributed by atoms with van der Waals surface area (Å²) in [6, 6.07) is 3.03. The molecule has 5 nitrogen and oxygen atoms in total. The zero-order valence-electron chi connectivity index (χ0n) is 12.0. The van der Waals surface area contributed by atoms with Crippen LogP contribution in [-0.4, -0.2) is 46.6 Å². The number of hydrogen-bond acceptors (Lipinski definition) is 3. The maximum atomic E-state index is 12.5. The summed E-state index contributed by atoms with van der Waals surface area (Å²) in [7, 11) is 0. The van der Waals surface area contributed by atoms with Crippen LogP contribution in [0.3, 0.4) is 0 Å². The largest absolute Gasteiger partial charge is 0.416 e. The van der Waals surface area contributed by atoms with Crippen molar-refractivity contribution in [3.63, 3.8) is 0 Å². The number of alkyl halides is 3. The molecule has 23 heavy (non-hydrogen) atoms. The van der Waals surface area contributed by atoms with Crippen LogP contribution in [0.4, 0.5) is 13.2 Å². The van der Waals surface area contributed by atoms with Crippen LogP contribution < -0.4 is 5.32 Å².